The van der Waals surface area contributed by atoms with Crippen LogP contribution >= 0.6 is 11.3 Å². The Labute approximate surface area is 125 Å². The van der Waals surface area contributed by atoms with Gasteiger partial charge in [0.1, 0.15) is 5.01 Å². The van der Waals surface area contributed by atoms with E-state index in [0.717, 1.165) is 10.7 Å². The summed E-state index contributed by atoms with van der Waals surface area (Å²) in [6, 6.07) is 9.28. The summed E-state index contributed by atoms with van der Waals surface area (Å²) in [5, 5.41) is 6.86. The molecule has 0 radical (unpaired) electrons. The van der Waals surface area contributed by atoms with Gasteiger partial charge in [-0.3, -0.25) is 0 Å². The number of benzene rings is 1. The molecule has 108 valence electrons. The number of nitrogens with zero attached hydrogens (tertiary/aromatic N) is 2. The van der Waals surface area contributed by atoms with E-state index in [0.29, 0.717) is 6.04 Å². The number of nitrogens with one attached hydrogen (secondary N) is 1. The van der Waals surface area contributed by atoms with Crippen molar-refractivity contribution in [1.29, 1.82) is 0 Å². The largest absolute Gasteiger partial charge is 0.378 e. The Balaban J connectivity index is 2.02. The van der Waals surface area contributed by atoms with Gasteiger partial charge in [0.2, 0.25) is 0 Å². The highest BCUT2D eigenvalue weighted by Gasteiger charge is 2.13. The standard InChI is InChI=1S/C16H23N3S/c1-11-10-20-16(17-11)13(3)18-12(2)14-6-8-15(9-7-14)19(4)5/h6-10,12-13,18H,1-5H3. The van der Waals surface area contributed by atoms with E-state index in [1.807, 2.05) is 6.92 Å². The lowest BCUT2D eigenvalue weighted by Crippen LogP contribution is -2.22. The van der Waals surface area contributed by atoms with Crippen LogP contribution in [0.5, 0.6) is 0 Å². The Morgan fingerprint density at radius 2 is 1.75 bits per heavy atom. The Hall–Kier alpha value is -1.39. The van der Waals surface area contributed by atoms with Crippen molar-refractivity contribution >= 4 is 17.0 Å². The normalized spacial score (nSPS) is 14.1. The second kappa shape index (κ2) is 6.37. The molecule has 1 aromatic heterocycles. The first-order valence-corrected chi connectivity index (χ1v) is 7.80. The summed E-state index contributed by atoms with van der Waals surface area (Å²) in [5.41, 5.74) is 3.63. The molecule has 0 bridgehead atoms. The quantitative estimate of drug-likeness (QED) is 0.904. The smallest absolute Gasteiger partial charge is 0.110 e. The van der Waals surface area contributed by atoms with Gasteiger partial charge in [-0.1, -0.05) is 12.1 Å². The molecule has 1 N–H and O–H groups in total. The molecule has 0 aliphatic heterocycles. The third-order valence-electron chi connectivity index (χ3n) is 3.42. The number of rotatable bonds is 5. The molecule has 2 rings (SSSR count). The average molecular weight is 289 g/mol. The highest BCUT2D eigenvalue weighted by Crippen LogP contribution is 2.23. The van der Waals surface area contributed by atoms with Gasteiger partial charge in [0, 0.05) is 36.9 Å². The zero-order valence-electron chi connectivity index (χ0n) is 12.8. The molecule has 2 aromatic rings. The van der Waals surface area contributed by atoms with Crippen molar-refractivity contribution in [2.75, 3.05) is 19.0 Å². The molecule has 0 aliphatic rings. The van der Waals surface area contributed by atoms with E-state index in [9.17, 15) is 0 Å². The molecule has 0 saturated carbocycles. The minimum absolute atomic E-state index is 0.275. The van der Waals surface area contributed by atoms with Crippen molar-refractivity contribution in [3.63, 3.8) is 0 Å². The van der Waals surface area contributed by atoms with Gasteiger partial charge in [0.05, 0.1) is 6.04 Å². The topological polar surface area (TPSA) is 28.2 Å². The number of aryl methyl sites for hydroxylation is 1. The minimum atomic E-state index is 0.275. The third-order valence-corrected chi connectivity index (χ3v) is 4.56. The zero-order chi connectivity index (χ0) is 14.7. The number of anilines is 1. The molecule has 0 saturated heterocycles. The monoisotopic (exact) mass is 289 g/mol. The molecule has 1 heterocycles. The second-order valence-electron chi connectivity index (χ2n) is 5.42. The fourth-order valence-electron chi connectivity index (χ4n) is 2.17. The van der Waals surface area contributed by atoms with Crippen LogP contribution in [0, 0.1) is 6.92 Å². The molecule has 1 aromatic carbocycles. The van der Waals surface area contributed by atoms with Gasteiger partial charge < -0.3 is 10.2 Å². The van der Waals surface area contributed by atoms with E-state index in [4.69, 9.17) is 0 Å². The Morgan fingerprint density at radius 3 is 2.25 bits per heavy atom. The molecule has 4 heteroatoms. The predicted octanol–water partition coefficient (Wildman–Crippen LogP) is 3.93. The molecule has 2 atom stereocenters. The molecule has 2 unspecified atom stereocenters. The van der Waals surface area contributed by atoms with Gasteiger partial charge in [-0.25, -0.2) is 4.98 Å². The van der Waals surface area contributed by atoms with Crippen molar-refractivity contribution in [2.24, 2.45) is 0 Å². The van der Waals surface area contributed by atoms with Crippen molar-refractivity contribution in [2.45, 2.75) is 32.9 Å². The van der Waals surface area contributed by atoms with E-state index in [1.54, 1.807) is 11.3 Å². The summed E-state index contributed by atoms with van der Waals surface area (Å²) in [5.74, 6) is 0. The molecular formula is C16H23N3S. The molecule has 20 heavy (non-hydrogen) atoms. The van der Waals surface area contributed by atoms with Crippen molar-refractivity contribution in [1.82, 2.24) is 10.3 Å². The lowest BCUT2D eigenvalue weighted by molar-refractivity contribution is 0.492. The number of thiazole rings is 1. The zero-order valence-corrected chi connectivity index (χ0v) is 13.7. The van der Waals surface area contributed by atoms with Crippen LogP contribution in [-0.2, 0) is 0 Å². The Kier molecular flexibility index (Phi) is 4.78. The first-order chi connectivity index (χ1) is 9.47. The number of aromatic nitrogens is 1. The van der Waals surface area contributed by atoms with Gasteiger partial charge in [-0.15, -0.1) is 11.3 Å². The van der Waals surface area contributed by atoms with Gasteiger partial charge in [0.25, 0.3) is 0 Å². The molecule has 0 amide bonds. The summed E-state index contributed by atoms with van der Waals surface area (Å²) in [6.07, 6.45) is 0. The first kappa shape index (κ1) is 15.0. The van der Waals surface area contributed by atoms with Crippen LogP contribution in [0.15, 0.2) is 29.6 Å². The summed E-state index contributed by atoms with van der Waals surface area (Å²) in [7, 11) is 4.12. The molecule has 0 fully saturated rings. The van der Waals surface area contributed by atoms with Gasteiger partial charge in [0.15, 0.2) is 0 Å². The number of hydrogen-bond acceptors (Lipinski definition) is 4. The Bertz CT molecular complexity index is 545. The first-order valence-electron chi connectivity index (χ1n) is 6.92. The lowest BCUT2D eigenvalue weighted by Gasteiger charge is -2.20. The summed E-state index contributed by atoms with van der Waals surface area (Å²) >= 11 is 1.72. The minimum Gasteiger partial charge on any atom is -0.378 e. The van der Waals surface area contributed by atoms with Crippen LogP contribution in [0.1, 0.15) is 42.2 Å². The molecular weight excluding hydrogens is 266 g/mol. The van der Waals surface area contributed by atoms with E-state index in [2.05, 4.69) is 72.8 Å². The lowest BCUT2D eigenvalue weighted by atomic mass is 10.1. The van der Waals surface area contributed by atoms with Crippen LogP contribution in [-0.4, -0.2) is 19.1 Å². The third kappa shape index (κ3) is 3.58. The van der Waals surface area contributed by atoms with Gasteiger partial charge in [-0.2, -0.15) is 0 Å². The average Bonchev–Trinajstić information content (AvgIpc) is 2.85. The van der Waals surface area contributed by atoms with Gasteiger partial charge in [-0.05, 0) is 38.5 Å². The SMILES string of the molecule is Cc1csc(C(C)NC(C)c2ccc(N(C)C)cc2)n1. The van der Waals surface area contributed by atoms with Crippen molar-refractivity contribution < 1.29 is 0 Å². The summed E-state index contributed by atoms with van der Waals surface area (Å²) < 4.78 is 0. The highest BCUT2D eigenvalue weighted by molar-refractivity contribution is 7.09. The maximum Gasteiger partial charge on any atom is 0.110 e. The van der Waals surface area contributed by atoms with Crippen LogP contribution in [0.2, 0.25) is 0 Å². The van der Waals surface area contributed by atoms with Crippen LogP contribution in [0.3, 0.4) is 0 Å². The van der Waals surface area contributed by atoms with E-state index < -0.39 is 0 Å². The summed E-state index contributed by atoms with van der Waals surface area (Å²) in [6.45, 7) is 6.40. The maximum atomic E-state index is 4.54. The second-order valence-corrected chi connectivity index (χ2v) is 6.31. The Morgan fingerprint density at radius 1 is 1.10 bits per heavy atom. The van der Waals surface area contributed by atoms with Crippen molar-refractivity contribution in [3.05, 3.63) is 45.9 Å². The summed E-state index contributed by atoms with van der Waals surface area (Å²) in [4.78, 5) is 6.66. The van der Waals surface area contributed by atoms with E-state index in [-0.39, 0.29) is 6.04 Å². The van der Waals surface area contributed by atoms with Gasteiger partial charge >= 0.3 is 0 Å². The molecule has 3 nitrogen and oxygen atoms in total. The predicted molar refractivity (Wildman–Crippen MR) is 87.6 cm³/mol. The van der Waals surface area contributed by atoms with E-state index >= 15 is 0 Å². The molecule has 0 spiro atoms. The highest BCUT2D eigenvalue weighted by atomic mass is 32.1. The molecule has 0 aliphatic carbocycles. The van der Waals surface area contributed by atoms with Crippen LogP contribution in [0.25, 0.3) is 0 Å². The fraction of sp³-hybridized carbons (Fsp3) is 0.438. The van der Waals surface area contributed by atoms with E-state index in [1.165, 1.54) is 11.3 Å². The number of hydrogen-bond donors (Lipinski definition) is 1. The fourth-order valence-corrected chi connectivity index (χ4v) is 2.99. The van der Waals surface area contributed by atoms with Crippen molar-refractivity contribution in [3.8, 4) is 0 Å². The van der Waals surface area contributed by atoms with Crippen LogP contribution < -0.4 is 10.2 Å². The van der Waals surface area contributed by atoms with Crippen LogP contribution in [0.4, 0.5) is 5.69 Å². The maximum absolute atomic E-state index is 4.54.